The van der Waals surface area contributed by atoms with Crippen LogP contribution in [-0.4, -0.2) is 50.6 Å². The Kier molecular flexibility index (Phi) is 4.98. The van der Waals surface area contributed by atoms with Crippen molar-refractivity contribution in [3.63, 3.8) is 0 Å². The quantitative estimate of drug-likeness (QED) is 0.614. The number of carbonyl (C=O) groups excluding carboxylic acids is 3. The van der Waals surface area contributed by atoms with Crippen molar-refractivity contribution >= 4 is 29.1 Å². The molecule has 1 aliphatic heterocycles. The topological polar surface area (TPSA) is 94.4 Å². The molecule has 0 bridgehead atoms. The lowest BCUT2D eigenvalue weighted by atomic mass is 10.3. The Labute approximate surface area is 164 Å². The van der Waals surface area contributed by atoms with Gasteiger partial charge < -0.3 is 4.74 Å². The van der Waals surface area contributed by atoms with Crippen LogP contribution < -0.4 is 0 Å². The van der Waals surface area contributed by atoms with E-state index >= 15 is 0 Å². The van der Waals surface area contributed by atoms with Gasteiger partial charge in [0.2, 0.25) is 5.91 Å². The van der Waals surface area contributed by atoms with Gasteiger partial charge >= 0.3 is 5.97 Å². The molecular weight excluding hydrogens is 380 g/mol. The van der Waals surface area contributed by atoms with Gasteiger partial charge in [0.15, 0.2) is 12.4 Å². The van der Waals surface area contributed by atoms with Crippen molar-refractivity contribution in [2.45, 2.75) is 12.8 Å². The average Bonchev–Trinajstić information content (AvgIpc) is 3.46. The minimum absolute atomic E-state index is 0.146. The summed E-state index contributed by atoms with van der Waals surface area (Å²) in [5.74, 6) is -1.22. The highest BCUT2D eigenvalue weighted by atomic mass is 32.1. The maximum absolute atomic E-state index is 12.4. The van der Waals surface area contributed by atoms with Crippen molar-refractivity contribution in [2.24, 2.45) is 0 Å². The zero-order valence-corrected chi connectivity index (χ0v) is 15.6. The summed E-state index contributed by atoms with van der Waals surface area (Å²) in [6.07, 6.45) is 0.971. The van der Waals surface area contributed by atoms with Crippen LogP contribution in [0.1, 0.15) is 23.5 Å². The fourth-order valence-corrected chi connectivity index (χ4v) is 3.59. The highest BCUT2D eigenvalue weighted by Crippen LogP contribution is 2.25. The largest absolute Gasteiger partial charge is 0.450 e. The number of aromatic nitrogens is 3. The van der Waals surface area contributed by atoms with Crippen molar-refractivity contribution in [2.75, 3.05) is 13.2 Å². The minimum atomic E-state index is -0.813. The van der Waals surface area contributed by atoms with E-state index in [0.717, 1.165) is 15.5 Å². The van der Waals surface area contributed by atoms with Crippen LogP contribution in [0.5, 0.6) is 0 Å². The van der Waals surface area contributed by atoms with Gasteiger partial charge in [-0.3, -0.25) is 14.5 Å². The molecule has 0 N–H and O–H groups in total. The molecule has 1 aliphatic rings. The number of benzene rings is 1. The van der Waals surface area contributed by atoms with Gasteiger partial charge in [0, 0.05) is 13.0 Å². The first-order valence-corrected chi connectivity index (χ1v) is 9.58. The Bertz CT molecular complexity index is 1010. The van der Waals surface area contributed by atoms with E-state index in [1.807, 2.05) is 47.8 Å². The fraction of sp³-hybridized carbons (Fsp3) is 0.211. The van der Waals surface area contributed by atoms with Crippen molar-refractivity contribution in [1.82, 2.24) is 19.7 Å². The molecule has 1 aromatic carbocycles. The molecule has 2 aromatic heterocycles. The Morgan fingerprint density at radius 3 is 2.64 bits per heavy atom. The molecule has 2 amide bonds. The minimum Gasteiger partial charge on any atom is -0.450 e. The highest BCUT2D eigenvalue weighted by molar-refractivity contribution is 7.13. The molecule has 0 unspecified atom stereocenters. The Hall–Kier alpha value is -3.33. The number of carbonyl (C=O) groups is 3. The van der Waals surface area contributed by atoms with E-state index in [4.69, 9.17) is 4.74 Å². The second-order valence-corrected chi connectivity index (χ2v) is 7.05. The molecule has 1 saturated heterocycles. The molecule has 0 atom stereocenters. The second kappa shape index (κ2) is 7.73. The number of para-hydroxylation sites is 1. The summed E-state index contributed by atoms with van der Waals surface area (Å²) in [7, 11) is 0. The standard InChI is InChI=1S/C19H16N4O4S/c24-15-9-4-10-22(15)16(25)12-27-19(26)17-20-18(14-8-5-11-28-14)23(21-17)13-6-2-1-3-7-13/h1-3,5-8,11H,4,9-10,12H2. The summed E-state index contributed by atoms with van der Waals surface area (Å²) in [4.78, 5) is 42.3. The van der Waals surface area contributed by atoms with E-state index in [1.165, 1.54) is 11.3 Å². The summed E-state index contributed by atoms with van der Waals surface area (Å²) < 4.78 is 6.62. The van der Waals surface area contributed by atoms with Gasteiger partial charge in [0.1, 0.15) is 0 Å². The van der Waals surface area contributed by atoms with E-state index < -0.39 is 18.5 Å². The number of hydrogen-bond donors (Lipinski definition) is 0. The second-order valence-electron chi connectivity index (χ2n) is 6.10. The van der Waals surface area contributed by atoms with Crippen LogP contribution in [-0.2, 0) is 14.3 Å². The molecule has 8 nitrogen and oxygen atoms in total. The lowest BCUT2D eigenvalue weighted by molar-refractivity contribution is -0.143. The molecule has 9 heteroatoms. The molecule has 4 rings (SSSR count). The first kappa shape index (κ1) is 18.1. The zero-order chi connectivity index (χ0) is 19.5. The third-order valence-electron chi connectivity index (χ3n) is 4.23. The van der Waals surface area contributed by atoms with Gasteiger partial charge in [-0.05, 0) is 30.0 Å². The SMILES string of the molecule is O=C(OCC(=O)N1CCCC1=O)c1nc(-c2cccs2)n(-c2ccccc2)n1. The summed E-state index contributed by atoms with van der Waals surface area (Å²) in [5.41, 5.74) is 0.746. The summed E-state index contributed by atoms with van der Waals surface area (Å²) >= 11 is 1.47. The van der Waals surface area contributed by atoms with E-state index in [2.05, 4.69) is 10.1 Å². The number of imide groups is 1. The third kappa shape index (κ3) is 3.56. The molecule has 142 valence electrons. The van der Waals surface area contributed by atoms with E-state index in [9.17, 15) is 14.4 Å². The first-order chi connectivity index (χ1) is 13.6. The van der Waals surface area contributed by atoms with Gasteiger partial charge in [0.25, 0.3) is 11.7 Å². The molecule has 0 radical (unpaired) electrons. The lowest BCUT2D eigenvalue weighted by Crippen LogP contribution is -2.35. The number of amides is 2. The van der Waals surface area contributed by atoms with E-state index in [1.54, 1.807) is 4.68 Å². The Morgan fingerprint density at radius 2 is 1.96 bits per heavy atom. The highest BCUT2D eigenvalue weighted by Gasteiger charge is 2.28. The monoisotopic (exact) mass is 396 g/mol. The summed E-state index contributed by atoms with van der Waals surface area (Å²) in [5, 5.41) is 6.18. The van der Waals surface area contributed by atoms with Crippen LogP contribution in [0.3, 0.4) is 0 Å². The number of ether oxygens (including phenoxy) is 1. The van der Waals surface area contributed by atoms with Gasteiger partial charge in [-0.25, -0.2) is 9.48 Å². The lowest BCUT2D eigenvalue weighted by Gasteiger charge is -2.12. The predicted molar refractivity (Wildman–Crippen MR) is 101 cm³/mol. The molecule has 3 aromatic rings. The van der Waals surface area contributed by atoms with Crippen LogP contribution in [0.15, 0.2) is 47.8 Å². The molecule has 1 fully saturated rings. The first-order valence-electron chi connectivity index (χ1n) is 8.70. The van der Waals surface area contributed by atoms with Crippen molar-refractivity contribution < 1.29 is 19.1 Å². The Morgan fingerprint density at radius 1 is 1.14 bits per heavy atom. The molecular formula is C19H16N4O4S. The van der Waals surface area contributed by atoms with Gasteiger partial charge in [0.05, 0.1) is 10.6 Å². The normalized spacial score (nSPS) is 13.7. The van der Waals surface area contributed by atoms with E-state index in [0.29, 0.717) is 25.2 Å². The number of thiophene rings is 1. The van der Waals surface area contributed by atoms with Gasteiger partial charge in [-0.1, -0.05) is 24.3 Å². The maximum Gasteiger partial charge on any atom is 0.378 e. The van der Waals surface area contributed by atoms with Crippen LogP contribution in [0.4, 0.5) is 0 Å². The molecule has 0 aliphatic carbocycles. The van der Waals surface area contributed by atoms with Crippen LogP contribution in [0.2, 0.25) is 0 Å². The van der Waals surface area contributed by atoms with E-state index in [-0.39, 0.29) is 11.7 Å². The number of rotatable bonds is 5. The molecule has 28 heavy (non-hydrogen) atoms. The smallest absolute Gasteiger partial charge is 0.378 e. The number of hydrogen-bond acceptors (Lipinski definition) is 7. The molecule has 3 heterocycles. The number of likely N-dealkylation sites (tertiary alicyclic amines) is 1. The van der Waals surface area contributed by atoms with Gasteiger partial charge in [-0.2, -0.15) is 4.98 Å². The van der Waals surface area contributed by atoms with Crippen molar-refractivity contribution in [3.8, 4) is 16.4 Å². The third-order valence-corrected chi connectivity index (χ3v) is 5.10. The summed E-state index contributed by atoms with van der Waals surface area (Å²) in [6.45, 7) is -0.155. The zero-order valence-electron chi connectivity index (χ0n) is 14.8. The van der Waals surface area contributed by atoms with Crippen LogP contribution in [0, 0.1) is 0 Å². The fourth-order valence-electron chi connectivity index (χ4n) is 2.89. The van der Waals surface area contributed by atoms with Crippen molar-refractivity contribution in [1.29, 1.82) is 0 Å². The summed E-state index contributed by atoms with van der Waals surface area (Å²) in [6, 6.07) is 13.1. The average molecular weight is 396 g/mol. The predicted octanol–water partition coefficient (Wildman–Crippen LogP) is 2.30. The van der Waals surface area contributed by atoms with Crippen LogP contribution in [0.25, 0.3) is 16.4 Å². The molecule has 0 saturated carbocycles. The maximum atomic E-state index is 12.4. The molecule has 0 spiro atoms. The van der Waals surface area contributed by atoms with Gasteiger partial charge in [-0.15, -0.1) is 16.4 Å². The van der Waals surface area contributed by atoms with Crippen LogP contribution >= 0.6 is 11.3 Å². The number of esters is 1. The number of nitrogens with zero attached hydrogens (tertiary/aromatic N) is 4. The Balaban J connectivity index is 1.55. The van der Waals surface area contributed by atoms with Crippen molar-refractivity contribution in [3.05, 3.63) is 53.7 Å².